The van der Waals surface area contributed by atoms with E-state index in [9.17, 15) is 0 Å². The first-order chi connectivity index (χ1) is 5.81. The summed E-state index contributed by atoms with van der Waals surface area (Å²) >= 11 is 5.67. The Labute approximate surface area is 92.4 Å². The quantitative estimate of drug-likeness (QED) is 0.581. The maximum absolute atomic E-state index is 4.22. The molecular formula is C6H4BrIN3P. The van der Waals surface area contributed by atoms with E-state index in [4.69, 9.17) is 0 Å². The topological polar surface area (TPSA) is 30.7 Å². The second-order valence-corrected chi connectivity index (χ2v) is 5.15. The van der Waals surface area contributed by atoms with E-state index in [1.807, 2.05) is 10.5 Å². The molecule has 1 unspecified atom stereocenters. The van der Waals surface area contributed by atoms with Crippen molar-refractivity contribution < 1.29 is 0 Å². The molecule has 2 aromatic heterocycles. The number of fused-ring (bicyclic) bond motifs is 1. The molecule has 0 aliphatic rings. The van der Waals surface area contributed by atoms with E-state index >= 15 is 0 Å². The van der Waals surface area contributed by atoms with Crippen LogP contribution >= 0.6 is 44.3 Å². The van der Waals surface area contributed by atoms with Crippen LogP contribution in [0, 0.1) is 0 Å². The molecule has 0 aliphatic heterocycles. The van der Waals surface area contributed by atoms with Gasteiger partial charge < -0.3 is 0 Å². The Hall–Kier alpha value is 0.260. The molecule has 3 nitrogen and oxygen atoms in total. The van der Waals surface area contributed by atoms with Gasteiger partial charge in [0, 0.05) is 10.7 Å². The minimum absolute atomic E-state index is 0.619. The Morgan fingerprint density at radius 1 is 1.50 bits per heavy atom. The number of rotatable bonds is 1. The predicted octanol–water partition coefficient (Wildman–Crippen LogP) is 2.99. The van der Waals surface area contributed by atoms with Crippen molar-refractivity contribution in [3.05, 3.63) is 22.9 Å². The highest BCUT2D eigenvalue weighted by atomic mass is 127. The number of aromatic nitrogens is 3. The summed E-state index contributed by atoms with van der Waals surface area (Å²) in [6, 6.07) is 2.03. The Morgan fingerprint density at radius 2 is 2.33 bits per heavy atom. The van der Waals surface area contributed by atoms with Gasteiger partial charge in [-0.25, -0.2) is 4.45 Å². The Bertz CT molecular complexity index is 416. The first-order valence-electron chi connectivity index (χ1n) is 3.17. The molecule has 0 saturated carbocycles. The van der Waals surface area contributed by atoms with Crippen molar-refractivity contribution in [3.8, 4) is 0 Å². The molecule has 0 fully saturated rings. The minimum Gasteiger partial charge on any atom is -0.252 e. The molecule has 0 bridgehead atoms. The van der Waals surface area contributed by atoms with Gasteiger partial charge in [-0.1, -0.05) is 0 Å². The third kappa shape index (κ3) is 1.49. The summed E-state index contributed by atoms with van der Waals surface area (Å²) in [7, 11) is 0. The fourth-order valence-electron chi connectivity index (χ4n) is 0.950. The molecular weight excluding hydrogens is 352 g/mol. The number of halogens is 2. The maximum atomic E-state index is 4.22. The van der Waals surface area contributed by atoms with Crippen LogP contribution in [0.2, 0.25) is 0 Å². The maximum Gasteiger partial charge on any atom is 0.109 e. The van der Waals surface area contributed by atoms with Gasteiger partial charge >= 0.3 is 0 Å². The van der Waals surface area contributed by atoms with E-state index in [-0.39, 0.29) is 0 Å². The van der Waals surface area contributed by atoms with Crippen LogP contribution in [0.15, 0.2) is 22.9 Å². The molecule has 0 aromatic carbocycles. The van der Waals surface area contributed by atoms with E-state index in [1.165, 1.54) is 0 Å². The van der Waals surface area contributed by atoms with Gasteiger partial charge in [-0.2, -0.15) is 5.10 Å². The average molecular weight is 356 g/mol. The Balaban J connectivity index is 2.75. The fraction of sp³-hybridized carbons (Fsp3) is 0. The molecule has 6 heteroatoms. The van der Waals surface area contributed by atoms with Crippen LogP contribution in [0.4, 0.5) is 0 Å². The third-order valence-corrected chi connectivity index (χ3v) is 3.79. The molecule has 2 heterocycles. The molecule has 0 saturated heterocycles. The molecule has 0 aliphatic carbocycles. The van der Waals surface area contributed by atoms with Crippen LogP contribution in [0.1, 0.15) is 0 Å². The van der Waals surface area contributed by atoms with E-state index in [0.29, 0.717) is 6.37 Å². The molecule has 1 atom stereocenters. The normalized spacial score (nSPS) is 11.8. The van der Waals surface area contributed by atoms with Crippen LogP contribution < -0.4 is 0 Å². The summed E-state index contributed by atoms with van der Waals surface area (Å²) in [5.74, 6) is 0. The van der Waals surface area contributed by atoms with Gasteiger partial charge in [-0.3, -0.25) is 4.98 Å². The van der Waals surface area contributed by atoms with Crippen molar-refractivity contribution in [2.45, 2.75) is 0 Å². The number of hydrogen-bond donors (Lipinski definition) is 0. The van der Waals surface area contributed by atoms with Crippen molar-refractivity contribution in [3.63, 3.8) is 0 Å². The summed E-state index contributed by atoms with van der Waals surface area (Å²) in [6.45, 7) is 0. The number of pyridine rings is 1. The molecule has 12 heavy (non-hydrogen) atoms. The second kappa shape index (κ2) is 3.55. The summed E-state index contributed by atoms with van der Waals surface area (Å²) in [4.78, 5) is 4.22. The lowest BCUT2D eigenvalue weighted by molar-refractivity contribution is 1.04. The van der Waals surface area contributed by atoms with E-state index < -0.39 is 0 Å². The van der Waals surface area contributed by atoms with Crippen molar-refractivity contribution in [2.75, 3.05) is 0 Å². The van der Waals surface area contributed by atoms with Crippen molar-refractivity contribution in [1.29, 1.82) is 0 Å². The Kier molecular flexibility index (Phi) is 2.62. The molecule has 0 radical (unpaired) electrons. The lowest BCUT2D eigenvalue weighted by Gasteiger charge is -1.95. The zero-order valence-electron chi connectivity index (χ0n) is 5.83. The lowest BCUT2D eigenvalue weighted by atomic mass is 10.4. The van der Waals surface area contributed by atoms with Crippen LogP contribution in [-0.4, -0.2) is 14.5 Å². The van der Waals surface area contributed by atoms with Gasteiger partial charge in [0.25, 0.3) is 0 Å². The highest BCUT2D eigenvalue weighted by Crippen LogP contribution is 2.28. The first-order valence-corrected chi connectivity index (χ1v) is 8.02. The molecule has 62 valence electrons. The van der Waals surface area contributed by atoms with Gasteiger partial charge in [-0.15, -0.1) is 0 Å². The van der Waals surface area contributed by atoms with E-state index in [1.54, 1.807) is 12.4 Å². The molecule has 0 N–H and O–H groups in total. The van der Waals surface area contributed by atoms with Crippen LogP contribution in [0.5, 0.6) is 0 Å². The summed E-state index contributed by atoms with van der Waals surface area (Å²) in [5, 5.41) is 4.19. The molecule has 2 rings (SSSR count). The number of nitrogens with zero attached hydrogens (tertiary/aromatic N) is 3. The van der Waals surface area contributed by atoms with Crippen molar-refractivity contribution in [2.24, 2.45) is 0 Å². The zero-order valence-corrected chi connectivity index (χ0v) is 10.6. The van der Waals surface area contributed by atoms with E-state index in [2.05, 4.69) is 48.1 Å². The lowest BCUT2D eigenvalue weighted by Crippen LogP contribution is -1.82. The third-order valence-electron chi connectivity index (χ3n) is 1.47. The standard InChI is InChI=1S/C6H4BrIN3P/c7-4-1-6-5(9-2-4)3-10-11(6)12-8/h1-3,12H. The largest absolute Gasteiger partial charge is 0.252 e. The highest BCUT2D eigenvalue weighted by molar-refractivity contribution is 14.2. The predicted molar refractivity (Wildman–Crippen MR) is 63.0 cm³/mol. The first kappa shape index (κ1) is 8.84. The minimum atomic E-state index is 0.619. The molecule has 0 amide bonds. The summed E-state index contributed by atoms with van der Waals surface area (Å²) in [5.41, 5.74) is 2.03. The second-order valence-electron chi connectivity index (χ2n) is 2.20. The van der Waals surface area contributed by atoms with Gasteiger partial charge in [0.05, 0.1) is 18.1 Å². The number of hydrogen-bond acceptors (Lipinski definition) is 2. The van der Waals surface area contributed by atoms with Gasteiger partial charge in [0.15, 0.2) is 0 Å². The average Bonchev–Trinajstić information content (AvgIpc) is 2.46. The van der Waals surface area contributed by atoms with Crippen molar-refractivity contribution >= 4 is 55.4 Å². The molecule has 0 spiro atoms. The van der Waals surface area contributed by atoms with Gasteiger partial charge in [0.1, 0.15) is 5.52 Å². The zero-order chi connectivity index (χ0) is 8.55. The Morgan fingerprint density at radius 3 is 3.08 bits per heavy atom. The monoisotopic (exact) mass is 355 g/mol. The highest BCUT2D eigenvalue weighted by Gasteiger charge is 2.02. The van der Waals surface area contributed by atoms with Crippen LogP contribution in [-0.2, 0) is 0 Å². The SMILES string of the molecule is Brc1cnc2cnn(PI)c2c1. The fourth-order valence-corrected chi connectivity index (χ4v) is 2.79. The summed E-state index contributed by atoms with van der Waals surface area (Å²) < 4.78 is 2.93. The van der Waals surface area contributed by atoms with Gasteiger partial charge in [-0.05, 0) is 44.0 Å². The van der Waals surface area contributed by atoms with Crippen LogP contribution in [0.3, 0.4) is 0 Å². The van der Waals surface area contributed by atoms with Crippen LogP contribution in [0.25, 0.3) is 11.0 Å². The smallest absolute Gasteiger partial charge is 0.109 e. The summed E-state index contributed by atoms with van der Waals surface area (Å²) in [6.07, 6.45) is 4.19. The van der Waals surface area contributed by atoms with Gasteiger partial charge in [0.2, 0.25) is 0 Å². The van der Waals surface area contributed by atoms with E-state index in [0.717, 1.165) is 15.5 Å². The molecule has 2 aromatic rings. The van der Waals surface area contributed by atoms with Crippen molar-refractivity contribution in [1.82, 2.24) is 14.5 Å².